The van der Waals surface area contributed by atoms with Crippen LogP contribution in [0.15, 0.2) is 16.7 Å². The van der Waals surface area contributed by atoms with Crippen LogP contribution in [0.25, 0.3) is 0 Å². The van der Waals surface area contributed by atoms with Crippen LogP contribution in [-0.4, -0.2) is 27.7 Å². The van der Waals surface area contributed by atoms with Gasteiger partial charge < -0.3 is 10.4 Å². The van der Waals surface area contributed by atoms with Gasteiger partial charge in [0.1, 0.15) is 12.0 Å². The van der Waals surface area contributed by atoms with Crippen LogP contribution in [0.3, 0.4) is 0 Å². The summed E-state index contributed by atoms with van der Waals surface area (Å²) in [5.41, 5.74) is -0.0382. The van der Waals surface area contributed by atoms with E-state index in [4.69, 9.17) is 0 Å². The zero-order valence-corrected chi connectivity index (χ0v) is 11.3. The van der Waals surface area contributed by atoms with Gasteiger partial charge in [-0.25, -0.2) is 4.98 Å². The normalized spacial score (nSPS) is 23.0. The highest BCUT2D eigenvalue weighted by Gasteiger charge is 2.22. The lowest BCUT2D eigenvalue weighted by Crippen LogP contribution is -2.13. The number of hydrogen-bond donors (Lipinski definition) is 2. The third-order valence-electron chi connectivity index (χ3n) is 3.11. The molecule has 7 heteroatoms. The summed E-state index contributed by atoms with van der Waals surface area (Å²) >= 11 is 3.26. The molecule has 1 aromatic rings. The van der Waals surface area contributed by atoms with E-state index in [1.807, 2.05) is 0 Å². The van der Waals surface area contributed by atoms with Crippen molar-refractivity contribution in [2.45, 2.75) is 25.4 Å². The molecule has 1 heterocycles. The maximum Gasteiger partial charge on any atom is 0.288 e. The van der Waals surface area contributed by atoms with Crippen LogP contribution < -0.4 is 5.32 Å². The van der Waals surface area contributed by atoms with Crippen LogP contribution in [0.1, 0.15) is 19.3 Å². The van der Waals surface area contributed by atoms with E-state index in [1.54, 1.807) is 0 Å². The van der Waals surface area contributed by atoms with Gasteiger partial charge in [-0.3, -0.25) is 10.1 Å². The Balaban J connectivity index is 1.95. The fourth-order valence-electron chi connectivity index (χ4n) is 2.13. The van der Waals surface area contributed by atoms with Crippen LogP contribution in [0, 0.1) is 16.0 Å². The molecule has 1 aliphatic carbocycles. The van der Waals surface area contributed by atoms with Gasteiger partial charge in [0.15, 0.2) is 0 Å². The van der Waals surface area contributed by atoms with Gasteiger partial charge in [0.25, 0.3) is 5.69 Å². The Morgan fingerprint density at radius 2 is 2.39 bits per heavy atom. The van der Waals surface area contributed by atoms with E-state index in [1.165, 1.54) is 12.3 Å². The summed E-state index contributed by atoms with van der Waals surface area (Å²) in [7, 11) is 0. The zero-order chi connectivity index (χ0) is 13.1. The van der Waals surface area contributed by atoms with Gasteiger partial charge in [0, 0.05) is 12.6 Å². The molecule has 0 bridgehead atoms. The molecule has 0 aliphatic heterocycles. The molecule has 6 nitrogen and oxygen atoms in total. The maximum atomic E-state index is 10.6. The second-order valence-electron chi connectivity index (χ2n) is 4.49. The van der Waals surface area contributed by atoms with Crippen molar-refractivity contribution in [3.63, 3.8) is 0 Å². The first-order valence-electron chi connectivity index (χ1n) is 5.78. The second kappa shape index (κ2) is 5.62. The smallest absolute Gasteiger partial charge is 0.288 e. The van der Waals surface area contributed by atoms with Crippen LogP contribution >= 0.6 is 15.9 Å². The quantitative estimate of drug-likeness (QED) is 0.657. The van der Waals surface area contributed by atoms with E-state index in [2.05, 4.69) is 26.2 Å². The number of nitrogens with zero attached hydrogens (tertiary/aromatic N) is 2. The fraction of sp³-hybridized carbons (Fsp3) is 0.545. The largest absolute Gasteiger partial charge is 0.393 e. The number of rotatable bonds is 4. The summed E-state index contributed by atoms with van der Waals surface area (Å²) in [5, 5.41) is 23.1. The number of hydrogen-bond acceptors (Lipinski definition) is 5. The number of aliphatic hydroxyl groups excluding tert-OH is 1. The summed E-state index contributed by atoms with van der Waals surface area (Å²) in [6, 6.07) is 1.43. The Hall–Kier alpha value is -1.21. The van der Waals surface area contributed by atoms with E-state index in [0.717, 1.165) is 25.8 Å². The summed E-state index contributed by atoms with van der Waals surface area (Å²) in [6.45, 7) is 0.723. The lowest BCUT2D eigenvalue weighted by molar-refractivity contribution is -0.385. The highest BCUT2D eigenvalue weighted by atomic mass is 79.9. The average Bonchev–Trinajstić information content (AvgIpc) is 2.73. The molecule has 2 unspecified atom stereocenters. The van der Waals surface area contributed by atoms with Gasteiger partial charge in [0.05, 0.1) is 15.5 Å². The highest BCUT2D eigenvalue weighted by Crippen LogP contribution is 2.28. The van der Waals surface area contributed by atoms with Gasteiger partial charge in [-0.2, -0.15) is 0 Å². The molecule has 98 valence electrons. The van der Waals surface area contributed by atoms with Crippen LogP contribution in [-0.2, 0) is 0 Å². The number of halogens is 1. The third-order valence-corrected chi connectivity index (χ3v) is 3.71. The van der Waals surface area contributed by atoms with Gasteiger partial charge in [-0.1, -0.05) is 0 Å². The van der Waals surface area contributed by atoms with E-state index in [0.29, 0.717) is 16.2 Å². The van der Waals surface area contributed by atoms with E-state index >= 15 is 0 Å². The molecular weight excluding hydrogens is 302 g/mol. The first-order valence-corrected chi connectivity index (χ1v) is 6.57. The van der Waals surface area contributed by atoms with E-state index < -0.39 is 4.92 Å². The van der Waals surface area contributed by atoms with Crippen LogP contribution in [0.2, 0.25) is 0 Å². The SMILES string of the molecule is O=[N+]([O-])c1cnc(NCC2CCC(O)C2)c(Br)c1. The molecule has 18 heavy (non-hydrogen) atoms. The van der Waals surface area contributed by atoms with Crippen molar-refractivity contribution in [1.29, 1.82) is 0 Å². The summed E-state index contributed by atoms with van der Waals surface area (Å²) in [4.78, 5) is 14.1. The molecule has 2 N–H and O–H groups in total. The van der Waals surface area contributed by atoms with Gasteiger partial charge in [-0.15, -0.1) is 0 Å². The minimum atomic E-state index is -0.477. The Morgan fingerprint density at radius 1 is 1.61 bits per heavy atom. The van der Waals surface area contributed by atoms with Gasteiger partial charge in [-0.05, 0) is 41.1 Å². The second-order valence-corrected chi connectivity index (χ2v) is 5.35. The predicted molar refractivity (Wildman–Crippen MR) is 70.4 cm³/mol. The summed E-state index contributed by atoms with van der Waals surface area (Å²) in [5.74, 6) is 1.03. The van der Waals surface area contributed by atoms with Crippen molar-refractivity contribution >= 4 is 27.4 Å². The van der Waals surface area contributed by atoms with Crippen LogP contribution in [0.4, 0.5) is 11.5 Å². The number of nitrogens with one attached hydrogen (secondary N) is 1. The number of nitro groups is 1. The van der Waals surface area contributed by atoms with Crippen molar-refractivity contribution in [3.8, 4) is 0 Å². The predicted octanol–water partition coefficient (Wildman–Crippen LogP) is 2.33. The lowest BCUT2D eigenvalue weighted by Gasteiger charge is -2.12. The third kappa shape index (κ3) is 3.17. The first kappa shape index (κ1) is 13.2. The van der Waals surface area contributed by atoms with E-state index in [9.17, 15) is 15.2 Å². The molecule has 0 spiro atoms. The highest BCUT2D eigenvalue weighted by molar-refractivity contribution is 9.10. The van der Waals surface area contributed by atoms with Gasteiger partial charge >= 0.3 is 0 Å². The summed E-state index contributed by atoms with van der Waals surface area (Å²) in [6.07, 6.45) is 3.69. The molecule has 2 atom stereocenters. The Morgan fingerprint density at radius 3 is 2.94 bits per heavy atom. The molecule has 1 aliphatic rings. The monoisotopic (exact) mass is 315 g/mol. The zero-order valence-electron chi connectivity index (χ0n) is 9.67. The lowest BCUT2D eigenvalue weighted by atomic mass is 10.1. The molecule has 0 radical (unpaired) electrons. The van der Waals surface area contributed by atoms with Crippen molar-refractivity contribution < 1.29 is 10.0 Å². The number of anilines is 1. The minimum Gasteiger partial charge on any atom is -0.393 e. The van der Waals surface area contributed by atoms with Gasteiger partial charge in [0.2, 0.25) is 0 Å². The Labute approximate surface area is 113 Å². The molecule has 1 fully saturated rings. The van der Waals surface area contributed by atoms with Crippen molar-refractivity contribution in [2.24, 2.45) is 5.92 Å². The maximum absolute atomic E-state index is 10.6. The van der Waals surface area contributed by atoms with Crippen LogP contribution in [0.5, 0.6) is 0 Å². The number of pyridine rings is 1. The Kier molecular flexibility index (Phi) is 4.13. The molecule has 0 saturated heterocycles. The number of aromatic nitrogens is 1. The first-order chi connectivity index (χ1) is 8.56. The molecular formula is C11H14BrN3O3. The molecule has 1 aromatic heterocycles. The Bertz CT molecular complexity index is 455. The standard InChI is InChI=1S/C11H14BrN3O3/c12-10-4-8(15(17)18)6-14-11(10)13-5-7-1-2-9(16)3-7/h4,6-7,9,16H,1-3,5H2,(H,13,14). The topological polar surface area (TPSA) is 88.3 Å². The molecule has 0 aromatic carbocycles. The average molecular weight is 316 g/mol. The number of aliphatic hydroxyl groups is 1. The summed E-state index contributed by atoms with van der Waals surface area (Å²) < 4.78 is 0.579. The fourth-order valence-corrected chi connectivity index (χ4v) is 2.61. The molecule has 2 rings (SSSR count). The van der Waals surface area contributed by atoms with Crippen molar-refractivity contribution in [2.75, 3.05) is 11.9 Å². The molecule has 1 saturated carbocycles. The molecule has 0 amide bonds. The van der Waals surface area contributed by atoms with E-state index in [-0.39, 0.29) is 11.8 Å². The van der Waals surface area contributed by atoms with Crippen molar-refractivity contribution in [3.05, 3.63) is 26.9 Å². The van der Waals surface area contributed by atoms with Crippen molar-refractivity contribution in [1.82, 2.24) is 4.98 Å². The minimum absolute atomic E-state index is 0.0382.